The Kier molecular flexibility index (Phi) is 8.92. The van der Waals surface area contributed by atoms with E-state index in [1.807, 2.05) is 0 Å². The first-order chi connectivity index (χ1) is 18.7. The number of rotatable bonds is 9. The van der Waals surface area contributed by atoms with Crippen molar-refractivity contribution in [2.24, 2.45) is 7.05 Å². The summed E-state index contributed by atoms with van der Waals surface area (Å²) < 4.78 is 39.6. The molecule has 1 amide bonds. The van der Waals surface area contributed by atoms with Crippen LogP contribution in [-0.2, 0) is 16.5 Å². The van der Waals surface area contributed by atoms with Crippen molar-refractivity contribution in [2.75, 3.05) is 19.0 Å². The summed E-state index contributed by atoms with van der Waals surface area (Å²) in [4.78, 5) is 55.0. The number of carbonyl (C=O) groups is 3. The van der Waals surface area contributed by atoms with Crippen LogP contribution in [0.15, 0.2) is 42.7 Å². The van der Waals surface area contributed by atoms with Crippen molar-refractivity contribution in [2.45, 2.75) is 38.2 Å². The minimum absolute atomic E-state index is 0.0375. The van der Waals surface area contributed by atoms with Gasteiger partial charge in [0.05, 0.1) is 35.8 Å². The van der Waals surface area contributed by atoms with Gasteiger partial charge in [0.25, 0.3) is 0 Å². The Morgan fingerprint density at radius 3 is 2.30 bits per heavy atom. The molecule has 2 atom stereocenters. The van der Waals surface area contributed by atoms with Gasteiger partial charge in [0.2, 0.25) is 6.54 Å². The molecule has 14 heteroatoms. The van der Waals surface area contributed by atoms with E-state index in [9.17, 15) is 33.3 Å². The number of hydrogen-bond donors (Lipinski definition) is 1. The first kappa shape index (κ1) is 29.8. The number of ether oxygens (including phenoxy) is 2. The number of amides is 1. The summed E-state index contributed by atoms with van der Waals surface area (Å²) in [5, 5.41) is 18.0. The van der Waals surface area contributed by atoms with E-state index < -0.39 is 75.2 Å². The minimum atomic E-state index is -1.50. The molecule has 0 saturated heterocycles. The lowest BCUT2D eigenvalue weighted by Gasteiger charge is -2.25. The Bertz CT molecular complexity index is 1430. The Labute approximate surface area is 227 Å². The topological polar surface area (TPSA) is 156 Å². The molecule has 1 heterocycles. The van der Waals surface area contributed by atoms with Gasteiger partial charge in [-0.3, -0.25) is 24.9 Å². The van der Waals surface area contributed by atoms with E-state index in [0.717, 1.165) is 37.7 Å². The molecule has 0 saturated carbocycles. The molecule has 3 aromatic rings. The standard InChI is InChI=1S/C26H27F2N5O7/c1-26(2,3)40-25(36)31-19-11-16(28)10-17(24(35)39-5)20(19)22(34)21(23-29-13-30-32(23)4)18(12-33(37)38)14-6-8-15(27)9-7-14/h6-11,13,18,21H,12H2,1-5H3,(H,31,36). The minimum Gasteiger partial charge on any atom is -0.465 e. The third-order valence-corrected chi connectivity index (χ3v) is 5.74. The van der Waals surface area contributed by atoms with Crippen LogP contribution in [0, 0.1) is 21.7 Å². The van der Waals surface area contributed by atoms with Crippen molar-refractivity contribution in [3.63, 3.8) is 0 Å². The summed E-state index contributed by atoms with van der Waals surface area (Å²) in [6, 6.07) is 6.27. The molecule has 0 fully saturated rings. The number of esters is 1. The van der Waals surface area contributed by atoms with Gasteiger partial charge in [-0.25, -0.2) is 23.4 Å². The number of nitrogens with one attached hydrogen (secondary N) is 1. The zero-order chi connectivity index (χ0) is 29.8. The second kappa shape index (κ2) is 12.0. The molecule has 0 spiro atoms. The zero-order valence-electron chi connectivity index (χ0n) is 22.3. The molecule has 1 aromatic heterocycles. The van der Waals surface area contributed by atoms with Crippen LogP contribution in [0.4, 0.5) is 19.3 Å². The van der Waals surface area contributed by atoms with E-state index in [1.165, 1.54) is 23.9 Å². The molecule has 0 bridgehead atoms. The van der Waals surface area contributed by atoms with E-state index >= 15 is 0 Å². The van der Waals surface area contributed by atoms with Crippen LogP contribution >= 0.6 is 0 Å². The maximum atomic E-state index is 14.7. The number of Topliss-reactive ketones (excluding diaryl/α,β-unsaturated/α-hetero) is 1. The Morgan fingerprint density at radius 1 is 1.12 bits per heavy atom. The SMILES string of the molecule is COC(=O)c1cc(F)cc(NC(=O)OC(C)(C)C)c1C(=O)C(c1ncnn1C)C(C[N+](=O)[O-])c1ccc(F)cc1. The Morgan fingerprint density at radius 2 is 1.77 bits per heavy atom. The fraction of sp³-hybridized carbons (Fsp3) is 0.346. The molecule has 0 radical (unpaired) electrons. The average Bonchev–Trinajstić information content (AvgIpc) is 3.27. The molecule has 0 aliphatic rings. The van der Waals surface area contributed by atoms with Gasteiger partial charge in [-0.05, 0) is 50.6 Å². The van der Waals surface area contributed by atoms with Gasteiger partial charge in [0.1, 0.15) is 29.4 Å². The lowest BCUT2D eigenvalue weighted by Crippen LogP contribution is -2.31. The predicted octanol–water partition coefficient (Wildman–Crippen LogP) is 4.25. The van der Waals surface area contributed by atoms with Crippen LogP contribution in [0.2, 0.25) is 0 Å². The molecule has 40 heavy (non-hydrogen) atoms. The monoisotopic (exact) mass is 559 g/mol. The van der Waals surface area contributed by atoms with E-state index in [2.05, 4.69) is 15.4 Å². The zero-order valence-corrected chi connectivity index (χ0v) is 22.3. The molecular weight excluding hydrogens is 532 g/mol. The molecule has 0 aliphatic carbocycles. The Balaban J connectivity index is 2.30. The normalized spacial score (nSPS) is 12.8. The van der Waals surface area contributed by atoms with Crippen molar-refractivity contribution in [3.05, 3.63) is 87.0 Å². The first-order valence-corrected chi connectivity index (χ1v) is 11.9. The fourth-order valence-electron chi connectivity index (χ4n) is 4.15. The number of nitrogens with zero attached hydrogens (tertiary/aromatic N) is 4. The van der Waals surface area contributed by atoms with Gasteiger partial charge in [-0.1, -0.05) is 12.1 Å². The number of benzene rings is 2. The van der Waals surface area contributed by atoms with Crippen LogP contribution in [0.5, 0.6) is 0 Å². The maximum absolute atomic E-state index is 14.7. The highest BCUT2D eigenvalue weighted by Crippen LogP contribution is 2.38. The van der Waals surface area contributed by atoms with Gasteiger partial charge in [-0.2, -0.15) is 5.10 Å². The van der Waals surface area contributed by atoms with Crippen molar-refractivity contribution in [3.8, 4) is 0 Å². The van der Waals surface area contributed by atoms with Crippen molar-refractivity contribution in [1.82, 2.24) is 14.8 Å². The smallest absolute Gasteiger partial charge is 0.412 e. The molecule has 12 nitrogen and oxygen atoms in total. The van der Waals surface area contributed by atoms with Crippen molar-refractivity contribution >= 4 is 23.5 Å². The van der Waals surface area contributed by atoms with Crippen LogP contribution < -0.4 is 5.32 Å². The largest absolute Gasteiger partial charge is 0.465 e. The molecule has 2 unspecified atom stereocenters. The highest BCUT2D eigenvalue weighted by Gasteiger charge is 2.41. The highest BCUT2D eigenvalue weighted by atomic mass is 19.1. The van der Waals surface area contributed by atoms with Gasteiger partial charge < -0.3 is 9.47 Å². The number of aryl methyl sites for hydroxylation is 1. The van der Waals surface area contributed by atoms with Gasteiger partial charge >= 0.3 is 12.1 Å². The number of methoxy groups -OCH3 is 1. The van der Waals surface area contributed by atoms with Gasteiger partial charge in [0.15, 0.2) is 5.78 Å². The third-order valence-electron chi connectivity index (χ3n) is 5.74. The van der Waals surface area contributed by atoms with Crippen LogP contribution in [0.1, 0.15) is 64.7 Å². The molecule has 3 rings (SSSR count). The summed E-state index contributed by atoms with van der Waals surface area (Å²) in [5.74, 6) is -6.45. The summed E-state index contributed by atoms with van der Waals surface area (Å²) >= 11 is 0. The second-order valence-corrected chi connectivity index (χ2v) is 9.75. The lowest BCUT2D eigenvalue weighted by atomic mass is 9.79. The second-order valence-electron chi connectivity index (χ2n) is 9.75. The number of nitro groups is 1. The summed E-state index contributed by atoms with van der Waals surface area (Å²) in [5.41, 5.74) is -2.24. The van der Waals surface area contributed by atoms with Crippen LogP contribution in [0.3, 0.4) is 0 Å². The molecule has 0 aliphatic heterocycles. The maximum Gasteiger partial charge on any atom is 0.412 e. The van der Waals surface area contributed by atoms with E-state index in [4.69, 9.17) is 9.47 Å². The Hall–Kier alpha value is -4.75. The quantitative estimate of drug-likeness (QED) is 0.175. The number of halogens is 2. The van der Waals surface area contributed by atoms with Crippen LogP contribution in [-0.4, -0.2) is 56.8 Å². The number of hydrogen-bond acceptors (Lipinski definition) is 9. The number of aromatic nitrogens is 3. The summed E-state index contributed by atoms with van der Waals surface area (Å²) in [6.45, 7) is 3.94. The third kappa shape index (κ3) is 7.01. The number of ketones is 1. The summed E-state index contributed by atoms with van der Waals surface area (Å²) in [6.07, 6.45) is 0.0634. The molecular formula is C26H27F2N5O7. The predicted molar refractivity (Wildman–Crippen MR) is 137 cm³/mol. The molecule has 1 N–H and O–H groups in total. The van der Waals surface area contributed by atoms with Crippen molar-refractivity contribution in [1.29, 1.82) is 0 Å². The number of anilines is 1. The average molecular weight is 560 g/mol. The lowest BCUT2D eigenvalue weighted by molar-refractivity contribution is -0.483. The van der Waals surface area contributed by atoms with E-state index in [1.54, 1.807) is 20.8 Å². The van der Waals surface area contributed by atoms with Gasteiger partial charge in [0, 0.05) is 12.0 Å². The first-order valence-electron chi connectivity index (χ1n) is 11.9. The van der Waals surface area contributed by atoms with Crippen LogP contribution in [0.25, 0.3) is 0 Å². The number of carbonyl (C=O) groups excluding carboxylic acids is 3. The highest BCUT2D eigenvalue weighted by molar-refractivity contribution is 6.14. The van der Waals surface area contributed by atoms with E-state index in [-0.39, 0.29) is 11.4 Å². The molecule has 2 aromatic carbocycles. The van der Waals surface area contributed by atoms with Gasteiger partial charge in [-0.15, -0.1) is 0 Å². The fourth-order valence-corrected chi connectivity index (χ4v) is 4.15. The van der Waals surface area contributed by atoms with Crippen molar-refractivity contribution < 1.29 is 37.6 Å². The molecule has 212 valence electrons. The summed E-state index contributed by atoms with van der Waals surface area (Å²) in [7, 11) is 2.46. The van der Waals surface area contributed by atoms with E-state index in [0.29, 0.717) is 0 Å².